The number of carboxylic acid groups (broad SMARTS) is 1. The summed E-state index contributed by atoms with van der Waals surface area (Å²) in [6.07, 6.45) is -1.01. The van der Waals surface area contributed by atoms with E-state index < -0.39 is 12.1 Å². The number of piperazine rings is 1. The predicted molar refractivity (Wildman–Crippen MR) is 74.5 cm³/mol. The van der Waals surface area contributed by atoms with Crippen LogP contribution in [0.2, 0.25) is 10.3 Å². The lowest BCUT2D eigenvalue weighted by Gasteiger charge is -2.44. The molecule has 110 valence electrons. The smallest absolute Gasteiger partial charge is 0.407 e. The van der Waals surface area contributed by atoms with E-state index in [2.05, 4.69) is 10.2 Å². The van der Waals surface area contributed by atoms with Gasteiger partial charge in [0.25, 0.3) is 0 Å². The van der Waals surface area contributed by atoms with Crippen molar-refractivity contribution in [2.45, 2.75) is 19.0 Å². The number of amides is 1. The lowest BCUT2D eigenvalue weighted by molar-refractivity contribution is 0.102. The second-order valence-corrected chi connectivity index (χ2v) is 5.36. The minimum absolute atomic E-state index is 0.170. The number of aromatic nitrogens is 2. The summed E-state index contributed by atoms with van der Waals surface area (Å²) < 4.78 is 0. The molecule has 1 aliphatic heterocycles. The molecule has 1 amide bonds. The van der Waals surface area contributed by atoms with Crippen molar-refractivity contribution in [2.24, 2.45) is 0 Å². The highest BCUT2D eigenvalue weighted by atomic mass is 35.5. The Morgan fingerprint density at radius 1 is 1.45 bits per heavy atom. The van der Waals surface area contributed by atoms with Gasteiger partial charge in [0.05, 0.1) is 18.3 Å². The maximum absolute atomic E-state index is 11.1. The summed E-state index contributed by atoms with van der Waals surface area (Å²) in [7, 11) is 0. The Labute approximate surface area is 125 Å². The predicted octanol–water partition coefficient (Wildman–Crippen LogP) is 1.33. The third-order valence-corrected chi connectivity index (χ3v) is 3.76. The molecule has 1 aromatic rings. The molecule has 2 N–H and O–H groups in total. The van der Waals surface area contributed by atoms with Gasteiger partial charge in [0.1, 0.15) is 0 Å². The van der Waals surface area contributed by atoms with Crippen LogP contribution >= 0.6 is 23.2 Å². The second-order valence-electron chi connectivity index (χ2n) is 4.62. The lowest BCUT2D eigenvalue weighted by atomic mass is 10.1. The number of aliphatic hydroxyl groups excluding tert-OH is 1. The fraction of sp³-hybridized carbons (Fsp3) is 0.545. The van der Waals surface area contributed by atoms with Crippen LogP contribution in [-0.4, -0.2) is 63.2 Å². The first-order valence-electron chi connectivity index (χ1n) is 5.99. The van der Waals surface area contributed by atoms with Crippen molar-refractivity contribution in [1.82, 2.24) is 15.1 Å². The highest BCUT2D eigenvalue weighted by Crippen LogP contribution is 2.30. The van der Waals surface area contributed by atoms with Crippen molar-refractivity contribution in [3.05, 3.63) is 16.4 Å². The Bertz CT molecular complexity index is 516. The Balaban J connectivity index is 2.31. The van der Waals surface area contributed by atoms with E-state index in [-0.39, 0.29) is 29.5 Å². The van der Waals surface area contributed by atoms with Gasteiger partial charge in [-0.05, 0) is 6.92 Å². The minimum Gasteiger partial charge on any atom is -0.465 e. The normalized spacial score (nSPS) is 23.0. The molecule has 9 heteroatoms. The molecule has 0 spiro atoms. The van der Waals surface area contributed by atoms with Gasteiger partial charge in [0.2, 0.25) is 0 Å². The van der Waals surface area contributed by atoms with Gasteiger partial charge in [-0.3, -0.25) is 0 Å². The monoisotopic (exact) mass is 320 g/mol. The lowest BCUT2D eigenvalue weighted by Crippen LogP contribution is -2.60. The fourth-order valence-corrected chi connectivity index (χ4v) is 2.64. The molecule has 20 heavy (non-hydrogen) atoms. The first-order valence-corrected chi connectivity index (χ1v) is 6.75. The summed E-state index contributed by atoms with van der Waals surface area (Å²) in [5.74, 6) is 0. The summed E-state index contributed by atoms with van der Waals surface area (Å²) in [5, 5.41) is 26.4. The van der Waals surface area contributed by atoms with Gasteiger partial charge in [0, 0.05) is 25.2 Å². The van der Waals surface area contributed by atoms with E-state index in [9.17, 15) is 9.90 Å². The average molecular weight is 321 g/mol. The molecule has 2 heterocycles. The van der Waals surface area contributed by atoms with Crippen molar-refractivity contribution in [3.63, 3.8) is 0 Å². The van der Waals surface area contributed by atoms with Crippen LogP contribution in [0.15, 0.2) is 6.07 Å². The van der Waals surface area contributed by atoms with Crippen LogP contribution in [0.5, 0.6) is 0 Å². The fourth-order valence-electron chi connectivity index (χ4n) is 2.30. The van der Waals surface area contributed by atoms with Crippen LogP contribution in [0.4, 0.5) is 10.5 Å². The van der Waals surface area contributed by atoms with E-state index in [0.29, 0.717) is 12.2 Å². The Morgan fingerprint density at radius 3 is 2.75 bits per heavy atom. The van der Waals surface area contributed by atoms with Crippen molar-refractivity contribution in [1.29, 1.82) is 0 Å². The van der Waals surface area contributed by atoms with E-state index in [1.54, 1.807) is 13.0 Å². The molecule has 1 saturated heterocycles. The summed E-state index contributed by atoms with van der Waals surface area (Å²) in [5.41, 5.74) is 0.544. The van der Waals surface area contributed by atoms with E-state index >= 15 is 0 Å². The van der Waals surface area contributed by atoms with Gasteiger partial charge in [-0.2, -0.15) is 0 Å². The number of nitrogens with zero attached hydrogens (tertiary/aromatic N) is 4. The highest BCUT2D eigenvalue weighted by Gasteiger charge is 2.35. The summed E-state index contributed by atoms with van der Waals surface area (Å²) >= 11 is 11.8. The number of aliphatic hydroxyl groups is 1. The molecule has 0 saturated carbocycles. The van der Waals surface area contributed by atoms with Gasteiger partial charge in [0.15, 0.2) is 10.3 Å². The summed E-state index contributed by atoms with van der Waals surface area (Å²) in [6, 6.07) is 0.918. The molecule has 2 unspecified atom stereocenters. The van der Waals surface area contributed by atoms with Crippen LogP contribution in [0.1, 0.15) is 6.92 Å². The second kappa shape index (κ2) is 5.99. The van der Waals surface area contributed by atoms with Crippen LogP contribution in [-0.2, 0) is 0 Å². The van der Waals surface area contributed by atoms with Gasteiger partial charge >= 0.3 is 6.09 Å². The molecule has 0 bridgehead atoms. The van der Waals surface area contributed by atoms with Crippen LogP contribution in [0.3, 0.4) is 0 Å². The maximum atomic E-state index is 11.1. The summed E-state index contributed by atoms with van der Waals surface area (Å²) in [6.45, 7) is 2.16. The first kappa shape index (κ1) is 15.1. The van der Waals surface area contributed by atoms with E-state index in [0.717, 1.165) is 0 Å². The number of hydrogen-bond acceptors (Lipinski definition) is 5. The van der Waals surface area contributed by atoms with Crippen molar-refractivity contribution >= 4 is 35.0 Å². The SMILES string of the molecule is CC1CN(c2cc(Cl)nnc2Cl)C(CO)CN1C(=O)O. The van der Waals surface area contributed by atoms with Gasteiger partial charge in [-0.25, -0.2) is 4.79 Å². The van der Waals surface area contributed by atoms with E-state index in [4.69, 9.17) is 28.3 Å². The molecule has 7 nitrogen and oxygen atoms in total. The Hall–Kier alpha value is -1.31. The Kier molecular flexibility index (Phi) is 4.52. The summed E-state index contributed by atoms with van der Waals surface area (Å²) in [4.78, 5) is 14.3. The number of halogens is 2. The molecule has 2 atom stereocenters. The third-order valence-electron chi connectivity index (χ3n) is 3.31. The molecule has 1 aliphatic rings. The molecular formula is C11H14Cl2N4O3. The zero-order chi connectivity index (χ0) is 14.9. The van der Waals surface area contributed by atoms with Crippen molar-refractivity contribution in [2.75, 3.05) is 24.6 Å². The molecule has 0 aromatic carbocycles. The van der Waals surface area contributed by atoms with Crippen LogP contribution in [0, 0.1) is 0 Å². The van der Waals surface area contributed by atoms with E-state index in [1.165, 1.54) is 4.90 Å². The standard InChI is InChI=1S/C11H14Cl2N4O3/c1-6-3-17(7(5-18)4-16(6)11(19)20)8-2-9(12)14-15-10(8)13/h2,6-7,18H,3-5H2,1H3,(H,19,20). The van der Waals surface area contributed by atoms with Crippen LogP contribution < -0.4 is 4.90 Å². The number of carbonyl (C=O) groups is 1. The first-order chi connectivity index (χ1) is 9.43. The molecule has 0 aliphatic carbocycles. The molecule has 2 rings (SSSR count). The number of hydrogen-bond donors (Lipinski definition) is 2. The molecular weight excluding hydrogens is 307 g/mol. The van der Waals surface area contributed by atoms with Gasteiger partial charge in [-0.1, -0.05) is 23.2 Å². The molecule has 1 fully saturated rings. The van der Waals surface area contributed by atoms with Crippen molar-refractivity contribution in [3.8, 4) is 0 Å². The zero-order valence-electron chi connectivity index (χ0n) is 10.7. The third kappa shape index (κ3) is 2.89. The molecule has 1 aromatic heterocycles. The topological polar surface area (TPSA) is 89.8 Å². The number of rotatable bonds is 2. The van der Waals surface area contributed by atoms with Gasteiger partial charge < -0.3 is 20.0 Å². The quantitative estimate of drug-likeness (QED) is 0.854. The number of anilines is 1. The van der Waals surface area contributed by atoms with Crippen LogP contribution in [0.25, 0.3) is 0 Å². The maximum Gasteiger partial charge on any atom is 0.407 e. The largest absolute Gasteiger partial charge is 0.465 e. The van der Waals surface area contributed by atoms with E-state index in [1.807, 2.05) is 4.90 Å². The molecule has 0 radical (unpaired) electrons. The zero-order valence-corrected chi connectivity index (χ0v) is 12.2. The van der Waals surface area contributed by atoms with Gasteiger partial charge in [-0.15, -0.1) is 10.2 Å². The minimum atomic E-state index is -1.01. The Morgan fingerprint density at radius 2 is 2.15 bits per heavy atom. The van der Waals surface area contributed by atoms with Crippen molar-refractivity contribution < 1.29 is 15.0 Å². The highest BCUT2D eigenvalue weighted by molar-refractivity contribution is 6.33. The average Bonchev–Trinajstić information content (AvgIpc) is 2.41.